The van der Waals surface area contributed by atoms with Crippen LogP contribution in [0.25, 0.3) is 11.1 Å². The van der Waals surface area contributed by atoms with Gasteiger partial charge in [-0.25, -0.2) is 17.2 Å². The molecule has 0 amide bonds. The highest BCUT2D eigenvalue weighted by Gasteiger charge is 2.57. The van der Waals surface area contributed by atoms with Gasteiger partial charge in [-0.3, -0.25) is 0 Å². The Hall–Kier alpha value is -2.60. The van der Waals surface area contributed by atoms with Gasteiger partial charge in [0, 0.05) is 18.5 Å². The van der Waals surface area contributed by atoms with Gasteiger partial charge in [0.15, 0.2) is 9.84 Å². The lowest BCUT2D eigenvalue weighted by Gasteiger charge is -2.24. The number of nitrogens with zero attached hydrogens (tertiary/aromatic N) is 1. The van der Waals surface area contributed by atoms with Gasteiger partial charge in [-0.05, 0) is 129 Å². The molecule has 256 valence electrons. The molecule has 4 rings (SSSR count). The number of fused-ring (bicyclic) bond motifs is 1. The highest BCUT2D eigenvalue weighted by molar-refractivity contribution is 7.91. The van der Waals surface area contributed by atoms with E-state index in [0.29, 0.717) is 18.4 Å². The zero-order chi connectivity index (χ0) is 33.5. The largest absolute Gasteiger partial charge is 0.508 e. The number of rotatable bonds is 15. The van der Waals surface area contributed by atoms with Crippen molar-refractivity contribution < 1.29 is 44.3 Å². The quantitative estimate of drug-likeness (QED) is 0.151. The van der Waals surface area contributed by atoms with E-state index in [9.17, 15) is 44.3 Å². The van der Waals surface area contributed by atoms with E-state index in [2.05, 4.69) is 4.90 Å². The van der Waals surface area contributed by atoms with Crippen LogP contribution in [-0.2, 0) is 16.3 Å². The third-order valence-electron chi connectivity index (χ3n) is 9.12. The molecule has 0 bridgehead atoms. The van der Waals surface area contributed by atoms with Gasteiger partial charge in [0.25, 0.3) is 0 Å². The number of halogens is 7. The van der Waals surface area contributed by atoms with Crippen LogP contribution in [0.15, 0.2) is 36.4 Å². The zero-order valence-corrected chi connectivity index (χ0v) is 26.6. The summed E-state index contributed by atoms with van der Waals surface area (Å²) in [7, 11) is -4.02. The number of phenols is 1. The summed E-state index contributed by atoms with van der Waals surface area (Å²) < 4.78 is 116. The van der Waals surface area contributed by atoms with Crippen molar-refractivity contribution in [2.24, 2.45) is 0 Å². The van der Waals surface area contributed by atoms with E-state index < -0.39 is 51.5 Å². The summed E-state index contributed by atoms with van der Waals surface area (Å²) in [6.07, 6.45) is 1.70. The standard InChI is InChI=1S/C34H42F7NO3S/c35-26-20-25(21-27(36)23-26)30-12-5-8-24-22-29(43)13-14-31(24)32(30)11-3-1-2-4-16-42-17-6-9-28(42)10-7-18-46(44,45)19-15-33(37,38)34(39,40)41/h13-14,20-23,28,43H,1-12,15-19H2/t28-/m0/s1. The molecule has 1 saturated heterocycles. The lowest BCUT2D eigenvalue weighted by Crippen LogP contribution is -2.38. The van der Waals surface area contributed by atoms with Crippen LogP contribution in [-0.4, -0.2) is 61.2 Å². The molecule has 1 N–H and O–H groups in total. The van der Waals surface area contributed by atoms with Crippen molar-refractivity contribution in [1.29, 1.82) is 0 Å². The van der Waals surface area contributed by atoms with Gasteiger partial charge in [0.1, 0.15) is 17.4 Å². The van der Waals surface area contributed by atoms with Crippen LogP contribution in [0.3, 0.4) is 0 Å². The van der Waals surface area contributed by atoms with E-state index >= 15 is 0 Å². The number of hydrogen-bond acceptors (Lipinski definition) is 4. The molecule has 4 nitrogen and oxygen atoms in total. The maximum absolute atomic E-state index is 14.1. The fourth-order valence-electron chi connectivity index (χ4n) is 6.74. The number of sulfone groups is 1. The number of alkyl halides is 5. The Labute approximate surface area is 266 Å². The highest BCUT2D eigenvalue weighted by atomic mass is 32.2. The van der Waals surface area contributed by atoms with E-state index in [-0.39, 0.29) is 18.2 Å². The number of allylic oxidation sites excluding steroid dienone is 2. The molecular formula is C34H42F7NO3S. The summed E-state index contributed by atoms with van der Waals surface area (Å²) >= 11 is 0. The summed E-state index contributed by atoms with van der Waals surface area (Å²) in [5, 5.41) is 10.1. The maximum atomic E-state index is 14.1. The van der Waals surface area contributed by atoms with Crippen LogP contribution >= 0.6 is 0 Å². The molecule has 1 aliphatic carbocycles. The van der Waals surface area contributed by atoms with Crippen molar-refractivity contribution in [3.63, 3.8) is 0 Å². The van der Waals surface area contributed by atoms with Crippen LogP contribution in [0, 0.1) is 11.6 Å². The zero-order valence-electron chi connectivity index (χ0n) is 25.8. The van der Waals surface area contributed by atoms with Crippen molar-refractivity contribution >= 4 is 21.0 Å². The SMILES string of the molecule is O=S(=O)(CCC[C@@H]1CCCN1CCCCCCC1=C(c2cc(F)cc(F)c2)CCCc2cc(O)ccc21)CCC(F)(F)C(F)(F)F. The van der Waals surface area contributed by atoms with Gasteiger partial charge in [-0.1, -0.05) is 18.9 Å². The molecule has 1 atom stereocenters. The van der Waals surface area contributed by atoms with E-state index in [1.165, 1.54) is 12.1 Å². The van der Waals surface area contributed by atoms with E-state index in [1.807, 2.05) is 6.07 Å². The molecule has 46 heavy (non-hydrogen) atoms. The molecule has 0 radical (unpaired) electrons. The van der Waals surface area contributed by atoms with Crippen LogP contribution in [0.4, 0.5) is 30.7 Å². The molecule has 1 aliphatic heterocycles. The number of hydrogen-bond donors (Lipinski definition) is 1. The molecule has 2 aromatic rings. The van der Waals surface area contributed by atoms with Crippen LogP contribution < -0.4 is 0 Å². The van der Waals surface area contributed by atoms with Gasteiger partial charge in [-0.15, -0.1) is 0 Å². The van der Waals surface area contributed by atoms with Gasteiger partial charge < -0.3 is 10.0 Å². The topological polar surface area (TPSA) is 57.6 Å². The minimum absolute atomic E-state index is 0.157. The monoisotopic (exact) mass is 677 g/mol. The second kappa shape index (κ2) is 15.5. The van der Waals surface area contributed by atoms with Gasteiger partial charge in [0.2, 0.25) is 0 Å². The summed E-state index contributed by atoms with van der Waals surface area (Å²) in [6, 6.07) is 9.06. The number of phenolic OH excluding ortho intramolecular Hbond substituents is 1. The molecule has 2 aromatic carbocycles. The number of benzene rings is 2. The van der Waals surface area contributed by atoms with Crippen molar-refractivity contribution in [1.82, 2.24) is 4.90 Å². The first-order valence-electron chi connectivity index (χ1n) is 16.0. The smallest absolute Gasteiger partial charge is 0.453 e. The molecule has 0 aromatic heterocycles. The van der Waals surface area contributed by atoms with Crippen molar-refractivity contribution in [2.45, 2.75) is 102 Å². The number of likely N-dealkylation sites (tertiary alicyclic amines) is 1. The van der Waals surface area contributed by atoms with Gasteiger partial charge in [-0.2, -0.15) is 22.0 Å². The molecule has 0 saturated carbocycles. The second-order valence-corrected chi connectivity index (χ2v) is 14.9. The van der Waals surface area contributed by atoms with Crippen molar-refractivity contribution in [3.8, 4) is 5.75 Å². The Morgan fingerprint density at radius 2 is 1.57 bits per heavy atom. The lowest BCUT2D eigenvalue weighted by atomic mass is 9.89. The lowest BCUT2D eigenvalue weighted by molar-refractivity contribution is -0.282. The molecule has 1 heterocycles. The van der Waals surface area contributed by atoms with Crippen molar-refractivity contribution in [3.05, 3.63) is 64.7 Å². The average molecular weight is 678 g/mol. The third-order valence-corrected chi connectivity index (χ3v) is 10.9. The Kier molecular flexibility index (Phi) is 12.2. The molecule has 2 aliphatic rings. The van der Waals surface area contributed by atoms with E-state index in [0.717, 1.165) is 99.2 Å². The minimum atomic E-state index is -5.76. The third kappa shape index (κ3) is 9.95. The second-order valence-electron chi connectivity index (χ2n) is 12.6. The van der Waals surface area contributed by atoms with Crippen LogP contribution in [0.1, 0.15) is 93.7 Å². The van der Waals surface area contributed by atoms with Crippen LogP contribution in [0.2, 0.25) is 0 Å². The molecule has 0 unspecified atom stereocenters. The van der Waals surface area contributed by atoms with E-state index in [1.54, 1.807) is 12.1 Å². The summed E-state index contributed by atoms with van der Waals surface area (Å²) in [5.74, 6) is -7.68. The van der Waals surface area contributed by atoms with Crippen LogP contribution in [0.5, 0.6) is 5.75 Å². The predicted octanol–water partition coefficient (Wildman–Crippen LogP) is 9.12. The first kappa shape index (κ1) is 36.2. The first-order valence-corrected chi connectivity index (χ1v) is 17.9. The number of aryl methyl sites for hydroxylation is 1. The first-order chi connectivity index (χ1) is 21.6. The molecular weight excluding hydrogens is 635 g/mol. The highest BCUT2D eigenvalue weighted by Crippen LogP contribution is 2.40. The maximum Gasteiger partial charge on any atom is 0.453 e. The van der Waals surface area contributed by atoms with Crippen molar-refractivity contribution in [2.75, 3.05) is 24.6 Å². The Morgan fingerprint density at radius 3 is 2.28 bits per heavy atom. The fourth-order valence-corrected chi connectivity index (χ4v) is 8.11. The molecule has 0 spiro atoms. The molecule has 1 fully saturated rings. The Morgan fingerprint density at radius 1 is 0.848 bits per heavy atom. The summed E-state index contributed by atoms with van der Waals surface area (Å²) in [5.41, 5.74) is 4.55. The van der Waals surface area contributed by atoms with E-state index in [4.69, 9.17) is 0 Å². The minimum Gasteiger partial charge on any atom is -0.508 e. The summed E-state index contributed by atoms with van der Waals surface area (Å²) in [4.78, 5) is 2.30. The van der Waals surface area contributed by atoms with Gasteiger partial charge >= 0.3 is 12.1 Å². The Bertz CT molecular complexity index is 1450. The van der Waals surface area contributed by atoms with Gasteiger partial charge in [0.05, 0.1) is 11.5 Å². The Balaban J connectivity index is 1.26. The average Bonchev–Trinajstić information content (AvgIpc) is 3.32. The number of aromatic hydroxyl groups is 1. The summed E-state index contributed by atoms with van der Waals surface area (Å²) in [6.45, 7) is 1.70. The predicted molar refractivity (Wildman–Crippen MR) is 165 cm³/mol. The number of unbranched alkanes of at least 4 members (excludes halogenated alkanes) is 3. The molecule has 12 heteroatoms. The fraction of sp³-hybridized carbons (Fsp3) is 0.588. The normalized spacial score (nSPS) is 18.2.